The van der Waals surface area contributed by atoms with Crippen molar-refractivity contribution in [3.63, 3.8) is 0 Å². The van der Waals surface area contributed by atoms with Gasteiger partial charge in [0.2, 0.25) is 0 Å². The van der Waals surface area contributed by atoms with Gasteiger partial charge in [0, 0.05) is 6.08 Å². The molecule has 0 saturated heterocycles. The Balaban J connectivity index is 2.69. The van der Waals surface area contributed by atoms with E-state index in [9.17, 15) is 4.79 Å². The van der Waals surface area contributed by atoms with E-state index in [2.05, 4.69) is 0 Å². The maximum atomic E-state index is 11.0. The van der Waals surface area contributed by atoms with Crippen molar-refractivity contribution in [2.45, 2.75) is 20.8 Å². The number of furan rings is 1. The first-order valence-corrected chi connectivity index (χ1v) is 4.54. The topological polar surface area (TPSA) is 39.4 Å². The Bertz CT molecular complexity index is 347. The molecule has 0 bridgehead atoms. The third-order valence-electron chi connectivity index (χ3n) is 1.98. The van der Waals surface area contributed by atoms with Crippen molar-refractivity contribution < 1.29 is 13.9 Å². The molecule has 0 fully saturated rings. The minimum absolute atomic E-state index is 0.346. The molecule has 0 atom stereocenters. The highest BCUT2D eigenvalue weighted by Crippen LogP contribution is 2.16. The number of aryl methyl sites for hydroxylation is 1. The van der Waals surface area contributed by atoms with Crippen LogP contribution in [0.2, 0.25) is 0 Å². The number of hydrogen-bond acceptors (Lipinski definition) is 3. The van der Waals surface area contributed by atoms with Crippen molar-refractivity contribution in [2.24, 2.45) is 0 Å². The van der Waals surface area contributed by atoms with Crippen LogP contribution in [0.4, 0.5) is 0 Å². The van der Waals surface area contributed by atoms with Gasteiger partial charge in [-0.25, -0.2) is 4.79 Å². The number of carbonyl (C=O) groups is 1. The lowest BCUT2D eigenvalue weighted by atomic mass is 10.2. The van der Waals surface area contributed by atoms with Crippen LogP contribution >= 0.6 is 0 Å². The summed E-state index contributed by atoms with van der Waals surface area (Å²) in [7, 11) is 0. The summed E-state index contributed by atoms with van der Waals surface area (Å²) in [6.45, 7) is 6.07. The van der Waals surface area contributed by atoms with Gasteiger partial charge >= 0.3 is 5.97 Å². The molecule has 0 saturated carbocycles. The normalized spacial score (nSPS) is 10.8. The quantitative estimate of drug-likeness (QED) is 0.548. The van der Waals surface area contributed by atoms with E-state index in [0.29, 0.717) is 12.4 Å². The van der Waals surface area contributed by atoms with Crippen molar-refractivity contribution in [3.05, 3.63) is 29.2 Å². The predicted octanol–water partition coefficient (Wildman–Crippen LogP) is 2.47. The van der Waals surface area contributed by atoms with Crippen LogP contribution in [0.15, 0.2) is 16.8 Å². The molecule has 0 unspecified atom stereocenters. The van der Waals surface area contributed by atoms with Crippen LogP contribution in [-0.2, 0) is 9.53 Å². The first-order valence-electron chi connectivity index (χ1n) is 4.54. The van der Waals surface area contributed by atoms with Gasteiger partial charge in [0.05, 0.1) is 12.9 Å². The maximum Gasteiger partial charge on any atom is 0.330 e. The van der Waals surface area contributed by atoms with Crippen molar-refractivity contribution in [1.29, 1.82) is 0 Å². The smallest absolute Gasteiger partial charge is 0.330 e. The molecule has 3 nitrogen and oxygen atoms in total. The molecule has 1 aromatic heterocycles. The van der Waals surface area contributed by atoms with Crippen LogP contribution in [0.5, 0.6) is 0 Å². The van der Waals surface area contributed by atoms with E-state index in [1.165, 1.54) is 6.08 Å². The van der Waals surface area contributed by atoms with Gasteiger partial charge in [-0.1, -0.05) is 0 Å². The predicted molar refractivity (Wildman–Crippen MR) is 53.8 cm³/mol. The zero-order valence-corrected chi connectivity index (χ0v) is 8.66. The van der Waals surface area contributed by atoms with Gasteiger partial charge in [-0.3, -0.25) is 0 Å². The highest BCUT2D eigenvalue weighted by Gasteiger charge is 2.03. The SMILES string of the molecule is CCOC(=O)C=Cc1occ(C)c1C. The van der Waals surface area contributed by atoms with Gasteiger partial charge in [-0.2, -0.15) is 0 Å². The number of carbonyl (C=O) groups excluding carboxylic acids is 1. The fraction of sp³-hybridized carbons (Fsp3) is 0.364. The lowest BCUT2D eigenvalue weighted by molar-refractivity contribution is -0.137. The molecule has 14 heavy (non-hydrogen) atoms. The number of rotatable bonds is 3. The van der Waals surface area contributed by atoms with Crippen molar-refractivity contribution >= 4 is 12.0 Å². The largest absolute Gasteiger partial charge is 0.464 e. The van der Waals surface area contributed by atoms with Gasteiger partial charge in [-0.15, -0.1) is 0 Å². The molecule has 0 radical (unpaired) electrons. The molecule has 0 aliphatic heterocycles. The second-order valence-electron chi connectivity index (χ2n) is 2.99. The first kappa shape index (κ1) is 10.6. The second-order valence-corrected chi connectivity index (χ2v) is 2.99. The summed E-state index contributed by atoms with van der Waals surface area (Å²) >= 11 is 0. The second kappa shape index (κ2) is 4.65. The summed E-state index contributed by atoms with van der Waals surface area (Å²) in [5.41, 5.74) is 2.12. The van der Waals surface area contributed by atoms with E-state index in [-0.39, 0.29) is 5.97 Å². The molecule has 3 heteroatoms. The Kier molecular flexibility index (Phi) is 3.51. The minimum atomic E-state index is -0.346. The molecule has 0 aliphatic carbocycles. The van der Waals surface area contributed by atoms with Crippen LogP contribution < -0.4 is 0 Å². The van der Waals surface area contributed by atoms with Crippen LogP contribution in [0.1, 0.15) is 23.8 Å². The lowest BCUT2D eigenvalue weighted by Crippen LogP contribution is -1.98. The molecule has 76 valence electrons. The van der Waals surface area contributed by atoms with Gasteiger partial charge in [-0.05, 0) is 38.0 Å². The van der Waals surface area contributed by atoms with E-state index in [0.717, 1.165) is 11.1 Å². The average Bonchev–Trinajstić information content (AvgIpc) is 2.46. The van der Waals surface area contributed by atoms with E-state index < -0.39 is 0 Å². The third kappa shape index (κ3) is 2.49. The number of esters is 1. The van der Waals surface area contributed by atoms with Gasteiger partial charge in [0.25, 0.3) is 0 Å². The third-order valence-corrected chi connectivity index (χ3v) is 1.98. The molecule has 1 aromatic rings. The molecule has 0 aromatic carbocycles. The van der Waals surface area contributed by atoms with Crippen molar-refractivity contribution in [1.82, 2.24) is 0 Å². The van der Waals surface area contributed by atoms with Gasteiger partial charge in [0.15, 0.2) is 0 Å². The van der Waals surface area contributed by atoms with E-state index in [4.69, 9.17) is 9.15 Å². The Morgan fingerprint density at radius 3 is 2.79 bits per heavy atom. The zero-order valence-electron chi connectivity index (χ0n) is 8.66. The summed E-state index contributed by atoms with van der Waals surface area (Å²) in [6.07, 6.45) is 4.66. The molecule has 1 heterocycles. The van der Waals surface area contributed by atoms with Crippen LogP contribution in [-0.4, -0.2) is 12.6 Å². The average molecular weight is 194 g/mol. The maximum absolute atomic E-state index is 11.0. The monoisotopic (exact) mass is 194 g/mol. The van der Waals surface area contributed by atoms with E-state index >= 15 is 0 Å². The molecular formula is C11H14O3. The van der Waals surface area contributed by atoms with Gasteiger partial charge < -0.3 is 9.15 Å². The summed E-state index contributed by atoms with van der Waals surface area (Å²) in [5, 5.41) is 0. The summed E-state index contributed by atoms with van der Waals surface area (Å²) in [4.78, 5) is 11.0. The van der Waals surface area contributed by atoms with E-state index in [1.54, 1.807) is 19.3 Å². The molecule has 0 N–H and O–H groups in total. The minimum Gasteiger partial charge on any atom is -0.464 e. The number of ether oxygens (including phenoxy) is 1. The Morgan fingerprint density at radius 1 is 1.57 bits per heavy atom. The Labute approximate surface area is 83.4 Å². The Hall–Kier alpha value is -1.51. The fourth-order valence-electron chi connectivity index (χ4n) is 1.02. The van der Waals surface area contributed by atoms with E-state index in [1.807, 2.05) is 13.8 Å². The molecule has 0 amide bonds. The molecule has 0 spiro atoms. The lowest BCUT2D eigenvalue weighted by Gasteiger charge is -1.94. The highest BCUT2D eigenvalue weighted by molar-refractivity contribution is 5.86. The summed E-state index contributed by atoms with van der Waals surface area (Å²) < 4.78 is 9.97. The van der Waals surface area contributed by atoms with Gasteiger partial charge in [0.1, 0.15) is 5.76 Å². The molecular weight excluding hydrogens is 180 g/mol. The molecule has 0 aliphatic rings. The highest BCUT2D eigenvalue weighted by atomic mass is 16.5. The first-order chi connectivity index (χ1) is 6.65. The van der Waals surface area contributed by atoms with Crippen LogP contribution in [0.25, 0.3) is 6.08 Å². The standard InChI is InChI=1S/C11H14O3/c1-4-13-11(12)6-5-10-9(3)8(2)7-14-10/h5-7H,4H2,1-3H3. The van der Waals surface area contributed by atoms with Crippen molar-refractivity contribution in [2.75, 3.05) is 6.61 Å². The Morgan fingerprint density at radius 2 is 2.29 bits per heavy atom. The summed E-state index contributed by atoms with van der Waals surface area (Å²) in [6, 6.07) is 0. The van der Waals surface area contributed by atoms with Crippen LogP contribution in [0.3, 0.4) is 0 Å². The summed E-state index contributed by atoms with van der Waals surface area (Å²) in [5.74, 6) is 0.358. The molecule has 1 rings (SSSR count). The van der Waals surface area contributed by atoms with Crippen molar-refractivity contribution in [3.8, 4) is 0 Å². The number of hydrogen-bond donors (Lipinski definition) is 0. The zero-order chi connectivity index (χ0) is 10.6. The van der Waals surface area contributed by atoms with Crippen LogP contribution in [0, 0.1) is 13.8 Å². The fourth-order valence-corrected chi connectivity index (χ4v) is 1.02.